The highest BCUT2D eigenvalue weighted by Gasteiger charge is 2.40. The van der Waals surface area contributed by atoms with Gasteiger partial charge in [0.2, 0.25) is 5.91 Å². The maximum atomic E-state index is 12.5. The molecular weight excluding hydrogens is 310 g/mol. The number of rotatable bonds is 5. The third kappa shape index (κ3) is 3.96. The van der Waals surface area contributed by atoms with Gasteiger partial charge in [0.05, 0.1) is 0 Å². The average Bonchev–Trinajstić information content (AvgIpc) is 2.48. The molecule has 8 nitrogen and oxygen atoms in total. The smallest absolute Gasteiger partial charge is 0.294 e. The van der Waals surface area contributed by atoms with Crippen molar-refractivity contribution >= 4 is 22.6 Å². The second-order valence-corrected chi connectivity index (χ2v) is 7.45. The molecule has 1 N–H and O–H groups in total. The highest BCUT2D eigenvalue weighted by atomic mass is 32.2. The number of nitrogens with zero attached hydrogens (tertiary/aromatic N) is 2. The molecule has 1 saturated carbocycles. The van der Waals surface area contributed by atoms with Gasteiger partial charge >= 0.3 is 0 Å². The second kappa shape index (κ2) is 6.93. The number of piperazine rings is 1. The van der Waals surface area contributed by atoms with E-state index in [4.69, 9.17) is 4.74 Å². The molecular formula is C13H23N3O5S. The Balaban J connectivity index is 2.03. The molecule has 1 amide bonds. The van der Waals surface area contributed by atoms with E-state index < -0.39 is 15.9 Å². The van der Waals surface area contributed by atoms with Crippen molar-refractivity contribution in [3.8, 4) is 0 Å². The Morgan fingerprint density at radius 3 is 2.23 bits per heavy atom. The molecule has 0 aromatic heterocycles. The first-order valence-corrected chi connectivity index (χ1v) is 8.99. The van der Waals surface area contributed by atoms with Crippen LogP contribution in [0.4, 0.5) is 0 Å². The van der Waals surface area contributed by atoms with Crippen LogP contribution in [0.5, 0.6) is 0 Å². The molecule has 2 aliphatic rings. The predicted octanol–water partition coefficient (Wildman–Crippen LogP) is -0.182. The summed E-state index contributed by atoms with van der Waals surface area (Å²) in [6.07, 6.45) is 3.60. The molecule has 126 valence electrons. The minimum absolute atomic E-state index is 0.0574. The van der Waals surface area contributed by atoms with E-state index in [-0.39, 0.29) is 19.0 Å². The van der Waals surface area contributed by atoms with E-state index in [0.717, 1.165) is 19.3 Å². The van der Waals surface area contributed by atoms with Crippen LogP contribution in [0.15, 0.2) is 0 Å². The molecule has 1 saturated heterocycles. The first kappa shape index (κ1) is 17.2. The fourth-order valence-corrected chi connectivity index (χ4v) is 4.50. The van der Waals surface area contributed by atoms with Crippen molar-refractivity contribution in [3.63, 3.8) is 0 Å². The molecule has 2 fully saturated rings. The van der Waals surface area contributed by atoms with Gasteiger partial charge < -0.3 is 9.64 Å². The van der Waals surface area contributed by atoms with Crippen molar-refractivity contribution in [2.75, 3.05) is 26.2 Å². The molecule has 22 heavy (non-hydrogen) atoms. The van der Waals surface area contributed by atoms with Crippen molar-refractivity contribution in [2.24, 2.45) is 0 Å². The molecule has 0 bridgehead atoms. The first-order valence-electron chi connectivity index (χ1n) is 7.55. The summed E-state index contributed by atoms with van der Waals surface area (Å²) >= 11 is 0. The third-order valence-corrected chi connectivity index (χ3v) is 5.95. The van der Waals surface area contributed by atoms with Gasteiger partial charge in [0.25, 0.3) is 16.7 Å². The minimum Gasteiger partial charge on any atom is -0.445 e. The van der Waals surface area contributed by atoms with Crippen LogP contribution in [-0.2, 0) is 24.5 Å². The van der Waals surface area contributed by atoms with Crippen LogP contribution in [0.2, 0.25) is 0 Å². The van der Waals surface area contributed by atoms with Crippen LogP contribution in [-0.4, -0.2) is 61.9 Å². The van der Waals surface area contributed by atoms with E-state index in [1.807, 2.05) is 0 Å². The Morgan fingerprint density at radius 2 is 1.73 bits per heavy atom. The quantitative estimate of drug-likeness (QED) is 0.556. The summed E-state index contributed by atoms with van der Waals surface area (Å²) in [5.74, 6) is -0.0574. The summed E-state index contributed by atoms with van der Waals surface area (Å²) in [6, 6.07) is 0. The zero-order valence-corrected chi connectivity index (χ0v) is 13.6. The lowest BCUT2D eigenvalue weighted by Crippen LogP contribution is -2.59. The lowest BCUT2D eigenvalue weighted by Gasteiger charge is -2.39. The maximum Gasteiger partial charge on any atom is 0.294 e. The maximum absolute atomic E-state index is 12.5. The van der Waals surface area contributed by atoms with Crippen molar-refractivity contribution in [2.45, 2.75) is 44.8 Å². The van der Waals surface area contributed by atoms with E-state index in [1.165, 1.54) is 11.2 Å². The molecule has 0 aromatic carbocycles. The highest BCUT2D eigenvalue weighted by Crippen LogP contribution is 2.30. The van der Waals surface area contributed by atoms with E-state index in [9.17, 15) is 18.0 Å². The summed E-state index contributed by atoms with van der Waals surface area (Å²) in [5.41, 5.74) is -1.13. The van der Waals surface area contributed by atoms with Crippen molar-refractivity contribution in [3.05, 3.63) is 0 Å². The molecule has 2 rings (SSSR count). The zero-order valence-electron chi connectivity index (χ0n) is 12.8. The highest BCUT2D eigenvalue weighted by molar-refractivity contribution is 7.87. The van der Waals surface area contributed by atoms with Crippen molar-refractivity contribution in [1.82, 2.24) is 13.9 Å². The number of nitrogens with one attached hydrogen (secondary N) is 1. The van der Waals surface area contributed by atoms with Gasteiger partial charge in [0.1, 0.15) is 0 Å². The van der Waals surface area contributed by atoms with Crippen LogP contribution < -0.4 is 4.72 Å². The zero-order chi connectivity index (χ0) is 16.2. The van der Waals surface area contributed by atoms with Crippen LogP contribution in [0.25, 0.3) is 0 Å². The Hall–Kier alpha value is -1.19. The van der Waals surface area contributed by atoms with E-state index in [0.29, 0.717) is 32.4 Å². The normalized spacial score (nSPS) is 23.0. The Kier molecular flexibility index (Phi) is 5.41. The van der Waals surface area contributed by atoms with Crippen molar-refractivity contribution in [1.29, 1.82) is 0 Å². The topological polar surface area (TPSA) is 96.0 Å². The summed E-state index contributed by atoms with van der Waals surface area (Å²) < 4.78 is 34.0. The van der Waals surface area contributed by atoms with Gasteiger partial charge in [-0.15, -0.1) is 0 Å². The summed E-state index contributed by atoms with van der Waals surface area (Å²) in [7, 11) is -3.75. The van der Waals surface area contributed by atoms with Crippen molar-refractivity contribution < 1.29 is 22.7 Å². The fraction of sp³-hybridized carbons (Fsp3) is 0.846. The molecule has 0 radical (unpaired) electrons. The molecule has 0 spiro atoms. The summed E-state index contributed by atoms with van der Waals surface area (Å²) in [4.78, 5) is 23.7. The van der Waals surface area contributed by atoms with Crippen LogP contribution in [0, 0.1) is 0 Å². The fourth-order valence-electron chi connectivity index (χ4n) is 3.00. The van der Waals surface area contributed by atoms with E-state index in [1.54, 1.807) is 4.90 Å². The Bertz CT molecular complexity index is 508. The largest absolute Gasteiger partial charge is 0.445 e. The standard InChI is InChI=1S/C13H23N3O5S/c1-12(18)15-7-9-16(10-8-15)22(19,20)14-13(21-11-17)5-3-2-4-6-13/h11,14H,2-10H2,1H3. The number of hydrogen-bond donors (Lipinski definition) is 1. The van der Waals surface area contributed by atoms with Gasteiger partial charge in [-0.1, -0.05) is 6.42 Å². The number of hydrogen-bond acceptors (Lipinski definition) is 5. The van der Waals surface area contributed by atoms with Crippen LogP contribution in [0.3, 0.4) is 0 Å². The van der Waals surface area contributed by atoms with Gasteiger partial charge in [-0.2, -0.15) is 17.4 Å². The molecule has 9 heteroatoms. The number of ether oxygens (including phenoxy) is 1. The molecule has 0 unspecified atom stereocenters. The van der Waals surface area contributed by atoms with Crippen LogP contribution in [0.1, 0.15) is 39.0 Å². The van der Waals surface area contributed by atoms with E-state index in [2.05, 4.69) is 4.72 Å². The predicted molar refractivity (Wildman–Crippen MR) is 78.8 cm³/mol. The van der Waals surface area contributed by atoms with Gasteiger partial charge in [-0.3, -0.25) is 9.59 Å². The Labute approximate surface area is 131 Å². The number of carbonyl (C=O) groups excluding carboxylic acids is 2. The Morgan fingerprint density at radius 1 is 1.14 bits per heavy atom. The van der Waals surface area contributed by atoms with Crippen LogP contribution >= 0.6 is 0 Å². The second-order valence-electron chi connectivity index (χ2n) is 5.78. The lowest BCUT2D eigenvalue weighted by atomic mass is 9.92. The minimum atomic E-state index is -3.75. The average molecular weight is 333 g/mol. The van der Waals surface area contributed by atoms with Gasteiger partial charge in [0.15, 0.2) is 5.72 Å². The number of amides is 1. The summed E-state index contributed by atoms with van der Waals surface area (Å²) in [6.45, 7) is 3.01. The molecule has 1 aliphatic heterocycles. The first-order chi connectivity index (χ1) is 10.4. The van der Waals surface area contributed by atoms with Gasteiger partial charge in [-0.25, -0.2) is 0 Å². The third-order valence-electron chi connectivity index (χ3n) is 4.27. The molecule has 1 heterocycles. The molecule has 1 aliphatic carbocycles. The SMILES string of the molecule is CC(=O)N1CCN(S(=O)(=O)NC2(OC=O)CCCCC2)CC1. The number of carbonyl (C=O) groups is 2. The van der Waals surface area contributed by atoms with Gasteiger partial charge in [0, 0.05) is 45.9 Å². The molecule has 0 atom stereocenters. The molecule has 0 aromatic rings. The lowest BCUT2D eigenvalue weighted by molar-refractivity contribution is -0.148. The van der Waals surface area contributed by atoms with Gasteiger partial charge in [-0.05, 0) is 12.8 Å². The monoisotopic (exact) mass is 333 g/mol. The van der Waals surface area contributed by atoms with E-state index >= 15 is 0 Å². The summed E-state index contributed by atoms with van der Waals surface area (Å²) in [5, 5.41) is 0.